The molecule has 7 nitrogen and oxygen atoms in total. The second kappa shape index (κ2) is 7.99. The molecule has 0 radical (unpaired) electrons. The molecule has 130 valence electrons. The Bertz CT molecular complexity index is 533. The van der Waals surface area contributed by atoms with Gasteiger partial charge in [-0.3, -0.25) is 4.79 Å². The summed E-state index contributed by atoms with van der Waals surface area (Å²) in [5.41, 5.74) is -0.582. The Kier molecular flexibility index (Phi) is 6.60. The Labute approximate surface area is 136 Å². The standard InChI is InChI=1S/C16H26N2O5/c1-7-10(2)13(18-15(20)23-16(4,5)6)14-17-8-12(22-14)9-21-11(3)19/h8,10,13H,7,9H2,1-6H3,(H,18,20)/t10-,13-/m0/s1. The molecule has 0 aliphatic rings. The Morgan fingerprint density at radius 1 is 1.39 bits per heavy atom. The quantitative estimate of drug-likeness (QED) is 0.806. The van der Waals surface area contributed by atoms with E-state index in [9.17, 15) is 9.59 Å². The molecule has 0 aromatic carbocycles. The van der Waals surface area contributed by atoms with Crippen molar-refractivity contribution in [1.29, 1.82) is 0 Å². The zero-order valence-corrected chi connectivity index (χ0v) is 14.6. The van der Waals surface area contributed by atoms with E-state index in [1.165, 1.54) is 13.1 Å². The minimum atomic E-state index is -0.582. The highest BCUT2D eigenvalue weighted by Crippen LogP contribution is 2.25. The number of rotatable bonds is 6. The predicted octanol–water partition coefficient (Wildman–Crippen LogP) is 3.35. The van der Waals surface area contributed by atoms with E-state index in [4.69, 9.17) is 13.9 Å². The number of aromatic nitrogens is 1. The molecular weight excluding hydrogens is 300 g/mol. The number of amides is 1. The van der Waals surface area contributed by atoms with Crippen molar-refractivity contribution in [2.45, 2.75) is 66.2 Å². The molecule has 0 fully saturated rings. The second-order valence-electron chi connectivity index (χ2n) is 6.45. The third-order valence-electron chi connectivity index (χ3n) is 3.14. The van der Waals surface area contributed by atoms with Crippen molar-refractivity contribution < 1.29 is 23.5 Å². The van der Waals surface area contributed by atoms with Gasteiger partial charge in [0.15, 0.2) is 12.4 Å². The lowest BCUT2D eigenvalue weighted by Gasteiger charge is -2.25. The van der Waals surface area contributed by atoms with Crippen molar-refractivity contribution in [3.63, 3.8) is 0 Å². The molecule has 1 aromatic rings. The number of nitrogens with zero attached hydrogens (tertiary/aromatic N) is 1. The maximum absolute atomic E-state index is 12.0. The zero-order valence-electron chi connectivity index (χ0n) is 14.6. The summed E-state index contributed by atoms with van der Waals surface area (Å²) in [5.74, 6) is 0.498. The van der Waals surface area contributed by atoms with Crippen LogP contribution in [0.5, 0.6) is 0 Å². The smallest absolute Gasteiger partial charge is 0.408 e. The summed E-state index contributed by atoms with van der Waals surface area (Å²) in [6.07, 6.45) is 1.79. The van der Waals surface area contributed by atoms with Gasteiger partial charge in [-0.15, -0.1) is 0 Å². The molecular formula is C16H26N2O5. The largest absolute Gasteiger partial charge is 0.458 e. The molecule has 1 amide bonds. The molecule has 23 heavy (non-hydrogen) atoms. The average molecular weight is 326 g/mol. The van der Waals surface area contributed by atoms with Crippen LogP contribution in [0.15, 0.2) is 10.6 Å². The number of carbonyl (C=O) groups excluding carboxylic acids is 2. The number of ether oxygens (including phenoxy) is 2. The molecule has 1 N–H and O–H groups in total. The zero-order chi connectivity index (χ0) is 17.6. The molecule has 0 saturated carbocycles. The van der Waals surface area contributed by atoms with Gasteiger partial charge in [0.2, 0.25) is 5.89 Å². The van der Waals surface area contributed by atoms with Crippen LogP contribution in [-0.2, 0) is 20.9 Å². The van der Waals surface area contributed by atoms with Crippen LogP contribution < -0.4 is 5.32 Å². The monoisotopic (exact) mass is 326 g/mol. The van der Waals surface area contributed by atoms with Crippen LogP contribution in [-0.4, -0.2) is 22.6 Å². The number of carbonyl (C=O) groups is 2. The third-order valence-corrected chi connectivity index (χ3v) is 3.14. The van der Waals surface area contributed by atoms with Gasteiger partial charge in [-0.25, -0.2) is 9.78 Å². The summed E-state index contributed by atoms with van der Waals surface area (Å²) in [5, 5.41) is 2.79. The molecule has 1 rings (SSSR count). The van der Waals surface area contributed by atoms with E-state index in [1.54, 1.807) is 20.8 Å². The third kappa shape index (κ3) is 6.71. The van der Waals surface area contributed by atoms with Crippen LogP contribution in [0.3, 0.4) is 0 Å². The number of hydrogen-bond donors (Lipinski definition) is 1. The summed E-state index contributed by atoms with van der Waals surface area (Å²) >= 11 is 0. The number of oxazole rings is 1. The first-order valence-corrected chi connectivity index (χ1v) is 7.69. The first-order valence-electron chi connectivity index (χ1n) is 7.69. The summed E-state index contributed by atoms with van der Waals surface area (Å²) in [4.78, 5) is 27.0. The van der Waals surface area contributed by atoms with E-state index in [1.807, 2.05) is 13.8 Å². The van der Waals surface area contributed by atoms with E-state index in [0.717, 1.165) is 6.42 Å². The van der Waals surface area contributed by atoms with Gasteiger partial charge in [-0.05, 0) is 26.7 Å². The van der Waals surface area contributed by atoms with Crippen LogP contribution in [0.4, 0.5) is 4.79 Å². The van der Waals surface area contributed by atoms with Gasteiger partial charge in [0, 0.05) is 6.92 Å². The topological polar surface area (TPSA) is 90.7 Å². The molecule has 1 heterocycles. The van der Waals surface area contributed by atoms with Crippen LogP contribution in [0.2, 0.25) is 0 Å². The average Bonchev–Trinajstić information content (AvgIpc) is 2.88. The normalized spacial score (nSPS) is 14.0. The van der Waals surface area contributed by atoms with Crippen molar-refractivity contribution in [1.82, 2.24) is 10.3 Å². The first kappa shape index (κ1) is 19.0. The van der Waals surface area contributed by atoms with Crippen molar-refractivity contribution in [2.24, 2.45) is 5.92 Å². The molecule has 7 heteroatoms. The van der Waals surface area contributed by atoms with Crippen molar-refractivity contribution in [3.8, 4) is 0 Å². The Hall–Kier alpha value is -2.05. The molecule has 0 unspecified atom stereocenters. The fourth-order valence-corrected chi connectivity index (χ4v) is 1.82. The van der Waals surface area contributed by atoms with Gasteiger partial charge in [0.1, 0.15) is 11.6 Å². The molecule has 0 aliphatic heterocycles. The van der Waals surface area contributed by atoms with Gasteiger partial charge in [0.05, 0.1) is 6.20 Å². The predicted molar refractivity (Wildman–Crippen MR) is 83.5 cm³/mol. The van der Waals surface area contributed by atoms with Gasteiger partial charge in [-0.1, -0.05) is 20.3 Å². The first-order chi connectivity index (χ1) is 10.6. The molecule has 2 atom stereocenters. The minimum absolute atomic E-state index is 0.0159. The summed E-state index contributed by atoms with van der Waals surface area (Å²) in [6.45, 7) is 10.7. The number of esters is 1. The summed E-state index contributed by atoms with van der Waals surface area (Å²) in [6, 6.07) is -0.416. The van der Waals surface area contributed by atoms with Crippen LogP contribution >= 0.6 is 0 Å². The van der Waals surface area contributed by atoms with Gasteiger partial charge in [0.25, 0.3) is 0 Å². The van der Waals surface area contributed by atoms with Gasteiger partial charge in [-0.2, -0.15) is 0 Å². The molecule has 1 aromatic heterocycles. The van der Waals surface area contributed by atoms with E-state index in [0.29, 0.717) is 11.7 Å². The maximum atomic E-state index is 12.0. The Morgan fingerprint density at radius 3 is 2.57 bits per heavy atom. The van der Waals surface area contributed by atoms with E-state index in [-0.39, 0.29) is 12.5 Å². The minimum Gasteiger partial charge on any atom is -0.458 e. The maximum Gasteiger partial charge on any atom is 0.408 e. The lowest BCUT2D eigenvalue weighted by molar-refractivity contribution is -0.142. The number of nitrogens with one attached hydrogen (secondary N) is 1. The second-order valence-corrected chi connectivity index (χ2v) is 6.45. The lowest BCUT2D eigenvalue weighted by atomic mass is 9.99. The van der Waals surface area contributed by atoms with E-state index >= 15 is 0 Å². The van der Waals surface area contributed by atoms with Gasteiger partial charge < -0.3 is 19.2 Å². The molecule has 0 aliphatic carbocycles. The molecule has 0 spiro atoms. The van der Waals surface area contributed by atoms with Gasteiger partial charge >= 0.3 is 12.1 Å². The highest BCUT2D eigenvalue weighted by molar-refractivity contribution is 5.68. The fourth-order valence-electron chi connectivity index (χ4n) is 1.82. The summed E-state index contributed by atoms with van der Waals surface area (Å²) in [7, 11) is 0. The van der Waals surface area contributed by atoms with Crippen LogP contribution in [0, 0.1) is 5.92 Å². The van der Waals surface area contributed by atoms with Crippen molar-refractivity contribution >= 4 is 12.1 Å². The number of alkyl carbamates (subject to hydrolysis) is 1. The van der Waals surface area contributed by atoms with Crippen molar-refractivity contribution in [2.75, 3.05) is 0 Å². The van der Waals surface area contributed by atoms with E-state index in [2.05, 4.69) is 10.3 Å². The lowest BCUT2D eigenvalue weighted by Crippen LogP contribution is -2.37. The molecule has 0 bridgehead atoms. The SMILES string of the molecule is CC[C@H](C)[C@H](NC(=O)OC(C)(C)C)c1ncc(COC(C)=O)o1. The van der Waals surface area contributed by atoms with Crippen LogP contribution in [0.1, 0.15) is 65.7 Å². The summed E-state index contributed by atoms with van der Waals surface area (Å²) < 4.78 is 15.7. The number of hydrogen-bond acceptors (Lipinski definition) is 6. The fraction of sp³-hybridized carbons (Fsp3) is 0.688. The Balaban J connectivity index is 2.82. The Morgan fingerprint density at radius 2 is 2.04 bits per heavy atom. The highest BCUT2D eigenvalue weighted by Gasteiger charge is 2.27. The molecule has 0 saturated heterocycles. The highest BCUT2D eigenvalue weighted by atomic mass is 16.6. The van der Waals surface area contributed by atoms with Crippen LogP contribution in [0.25, 0.3) is 0 Å². The van der Waals surface area contributed by atoms with Crippen molar-refractivity contribution in [3.05, 3.63) is 17.8 Å². The van der Waals surface area contributed by atoms with E-state index < -0.39 is 23.7 Å².